The van der Waals surface area contributed by atoms with Crippen LogP contribution < -0.4 is 5.32 Å². The first-order valence-electron chi connectivity index (χ1n) is 12.5. The number of hydrogen-bond acceptors (Lipinski definition) is 7. The van der Waals surface area contributed by atoms with Crippen LogP contribution >= 0.6 is 11.6 Å². The van der Waals surface area contributed by atoms with Gasteiger partial charge in [-0.25, -0.2) is 14.4 Å². The second kappa shape index (κ2) is 11.8. The van der Waals surface area contributed by atoms with E-state index in [4.69, 9.17) is 22.1 Å². The third kappa shape index (κ3) is 5.72. The normalized spacial score (nSPS) is 15.1. The van der Waals surface area contributed by atoms with E-state index in [2.05, 4.69) is 25.2 Å². The van der Waals surface area contributed by atoms with Gasteiger partial charge in [0.2, 0.25) is 0 Å². The van der Waals surface area contributed by atoms with Gasteiger partial charge in [-0.05, 0) is 60.9 Å². The molecule has 0 saturated carbocycles. The maximum absolute atomic E-state index is 14.7. The summed E-state index contributed by atoms with van der Waals surface area (Å²) in [6, 6.07) is 12.3. The second-order valence-electron chi connectivity index (χ2n) is 9.27. The number of hydrogen-bond donors (Lipinski definition) is 3. The zero-order chi connectivity index (χ0) is 26.5. The molecule has 3 N–H and O–H groups in total. The molecular weight excluding hydrogens is 503 g/mol. The SMILES string of the molecule is N=C/C(=C\NC1CCN(CCO)CC1)c1cncc(-c2cc(-c3cc(Cl)ccc3F)nc3ncccc23)c1. The molecule has 3 aromatic heterocycles. The summed E-state index contributed by atoms with van der Waals surface area (Å²) in [5.74, 6) is -0.419. The molecule has 4 heterocycles. The topological polar surface area (TPSA) is 98.0 Å². The minimum Gasteiger partial charge on any atom is -0.395 e. The first-order chi connectivity index (χ1) is 18.6. The molecule has 4 aromatic rings. The number of aliphatic hydroxyl groups is 1. The van der Waals surface area contributed by atoms with Crippen LogP contribution in [0.25, 0.3) is 39.0 Å². The Morgan fingerprint density at radius 3 is 2.79 bits per heavy atom. The predicted octanol–water partition coefficient (Wildman–Crippen LogP) is 5.19. The van der Waals surface area contributed by atoms with E-state index in [-0.39, 0.29) is 6.61 Å². The molecule has 0 bridgehead atoms. The summed E-state index contributed by atoms with van der Waals surface area (Å²) >= 11 is 6.15. The minimum absolute atomic E-state index is 0.178. The number of fused-ring (bicyclic) bond motifs is 1. The maximum atomic E-state index is 14.7. The summed E-state index contributed by atoms with van der Waals surface area (Å²) in [5.41, 5.74) is 4.30. The van der Waals surface area contributed by atoms with Crippen LogP contribution in [0.5, 0.6) is 0 Å². The third-order valence-corrected chi connectivity index (χ3v) is 7.04. The lowest BCUT2D eigenvalue weighted by atomic mass is 9.98. The molecule has 0 radical (unpaired) electrons. The highest BCUT2D eigenvalue weighted by Crippen LogP contribution is 2.33. The predicted molar refractivity (Wildman–Crippen MR) is 150 cm³/mol. The van der Waals surface area contributed by atoms with E-state index >= 15 is 0 Å². The number of halogens is 2. The lowest BCUT2D eigenvalue weighted by Crippen LogP contribution is -2.41. The highest BCUT2D eigenvalue weighted by molar-refractivity contribution is 6.30. The Balaban J connectivity index is 1.48. The van der Waals surface area contributed by atoms with Gasteiger partial charge in [-0.3, -0.25) is 4.98 Å². The van der Waals surface area contributed by atoms with Gasteiger partial charge in [0, 0.05) is 89.4 Å². The number of nitrogens with one attached hydrogen (secondary N) is 2. The molecule has 7 nitrogen and oxygen atoms in total. The van der Waals surface area contributed by atoms with Crippen LogP contribution in [0.2, 0.25) is 5.02 Å². The van der Waals surface area contributed by atoms with Gasteiger partial charge in [-0.2, -0.15) is 0 Å². The van der Waals surface area contributed by atoms with Crippen LogP contribution in [0.4, 0.5) is 4.39 Å². The van der Waals surface area contributed by atoms with E-state index in [0.29, 0.717) is 40.1 Å². The molecule has 5 rings (SSSR count). The lowest BCUT2D eigenvalue weighted by Gasteiger charge is -2.31. The first-order valence-corrected chi connectivity index (χ1v) is 12.9. The fourth-order valence-electron chi connectivity index (χ4n) is 4.75. The van der Waals surface area contributed by atoms with Crippen molar-refractivity contribution in [1.29, 1.82) is 5.41 Å². The second-order valence-corrected chi connectivity index (χ2v) is 9.70. The van der Waals surface area contributed by atoms with Crippen LogP contribution in [-0.2, 0) is 0 Å². The summed E-state index contributed by atoms with van der Waals surface area (Å²) in [7, 11) is 0. The van der Waals surface area contributed by atoms with Crippen molar-refractivity contribution in [2.75, 3.05) is 26.2 Å². The number of likely N-dealkylation sites (tertiary alicyclic amines) is 1. The molecule has 38 heavy (non-hydrogen) atoms. The zero-order valence-electron chi connectivity index (χ0n) is 20.7. The Labute approximate surface area is 225 Å². The summed E-state index contributed by atoms with van der Waals surface area (Å²) in [6.45, 7) is 2.75. The molecular formula is C29H28ClFN6O. The lowest BCUT2D eigenvalue weighted by molar-refractivity contribution is 0.160. The number of benzene rings is 1. The van der Waals surface area contributed by atoms with Crippen LogP contribution in [0.15, 0.2) is 67.3 Å². The molecule has 0 atom stereocenters. The number of nitrogens with zero attached hydrogens (tertiary/aromatic N) is 4. The quantitative estimate of drug-likeness (QED) is 0.271. The van der Waals surface area contributed by atoms with Crippen molar-refractivity contribution < 1.29 is 9.50 Å². The van der Waals surface area contributed by atoms with Gasteiger partial charge in [-0.15, -0.1) is 0 Å². The third-order valence-electron chi connectivity index (χ3n) is 6.81. The largest absolute Gasteiger partial charge is 0.395 e. The van der Waals surface area contributed by atoms with Crippen molar-refractivity contribution in [3.05, 3.63) is 83.7 Å². The summed E-state index contributed by atoms with van der Waals surface area (Å²) in [5, 5.41) is 21.9. The van der Waals surface area contributed by atoms with Crippen molar-refractivity contribution in [2.45, 2.75) is 18.9 Å². The number of aliphatic hydroxyl groups excluding tert-OH is 1. The van der Waals surface area contributed by atoms with Crippen LogP contribution in [0, 0.1) is 11.2 Å². The molecule has 0 aliphatic carbocycles. The molecule has 1 aromatic carbocycles. The van der Waals surface area contributed by atoms with Gasteiger partial charge >= 0.3 is 0 Å². The van der Waals surface area contributed by atoms with E-state index < -0.39 is 5.82 Å². The van der Waals surface area contributed by atoms with Crippen LogP contribution in [0.3, 0.4) is 0 Å². The maximum Gasteiger partial charge on any atom is 0.160 e. The van der Waals surface area contributed by atoms with E-state index in [9.17, 15) is 4.39 Å². The number of allylic oxidation sites excluding steroid dienone is 1. The van der Waals surface area contributed by atoms with Crippen molar-refractivity contribution in [1.82, 2.24) is 25.2 Å². The monoisotopic (exact) mass is 530 g/mol. The Morgan fingerprint density at radius 1 is 1.16 bits per heavy atom. The van der Waals surface area contributed by atoms with Gasteiger partial charge in [0.05, 0.1) is 12.3 Å². The summed E-state index contributed by atoms with van der Waals surface area (Å²) in [6.07, 6.45) is 10.3. The molecule has 9 heteroatoms. The van der Waals surface area contributed by atoms with Crippen LogP contribution in [0.1, 0.15) is 18.4 Å². The average Bonchev–Trinajstić information content (AvgIpc) is 2.95. The number of pyridine rings is 3. The van der Waals surface area contributed by atoms with Crippen molar-refractivity contribution in [3.63, 3.8) is 0 Å². The zero-order valence-corrected chi connectivity index (χ0v) is 21.5. The highest BCUT2D eigenvalue weighted by Gasteiger charge is 2.18. The van der Waals surface area contributed by atoms with Crippen LogP contribution in [-0.4, -0.2) is 63.5 Å². The number of β-amino-alcohol motifs (C(OH)–C–C–N with tert-alkyl or cyclic N) is 1. The Kier molecular flexibility index (Phi) is 8.03. The molecule has 0 spiro atoms. The molecule has 0 amide bonds. The molecule has 1 fully saturated rings. The summed E-state index contributed by atoms with van der Waals surface area (Å²) < 4.78 is 14.7. The molecule has 1 aliphatic heterocycles. The Bertz CT molecular complexity index is 1490. The van der Waals surface area contributed by atoms with E-state index in [1.54, 1.807) is 24.7 Å². The van der Waals surface area contributed by atoms with Crippen molar-refractivity contribution in [2.24, 2.45) is 0 Å². The molecule has 0 unspecified atom stereocenters. The highest BCUT2D eigenvalue weighted by atomic mass is 35.5. The first kappa shape index (κ1) is 25.9. The average molecular weight is 531 g/mol. The van der Waals surface area contributed by atoms with Gasteiger partial charge in [0.15, 0.2) is 5.65 Å². The van der Waals surface area contributed by atoms with Crippen molar-refractivity contribution in [3.8, 4) is 22.4 Å². The smallest absolute Gasteiger partial charge is 0.160 e. The minimum atomic E-state index is -0.419. The number of aromatic nitrogens is 3. The van der Waals surface area contributed by atoms with Crippen molar-refractivity contribution >= 4 is 34.4 Å². The Hall–Kier alpha value is -3.72. The van der Waals surface area contributed by atoms with E-state index in [1.807, 2.05) is 30.5 Å². The fourth-order valence-corrected chi connectivity index (χ4v) is 4.93. The fraction of sp³-hybridized carbons (Fsp3) is 0.241. The molecule has 194 valence electrons. The number of rotatable bonds is 8. The Morgan fingerprint density at radius 2 is 2.00 bits per heavy atom. The number of piperidine rings is 1. The van der Waals surface area contributed by atoms with Gasteiger partial charge in [0.1, 0.15) is 5.82 Å². The standard InChI is InChI=1S/C29H28ClFN6O/c30-22-3-4-27(31)26(13-22)28-14-25(24-2-1-7-34-29(24)36-28)20-12-19(16-33-17-20)21(15-32)18-35-23-5-8-37(9-6-23)10-11-38/h1-4,7,12-18,23,32,35,38H,5-6,8-11H2/b21-18+,32-15?. The molecule has 1 aliphatic rings. The van der Waals surface area contributed by atoms with Gasteiger partial charge in [-0.1, -0.05) is 11.6 Å². The van der Waals surface area contributed by atoms with E-state index in [0.717, 1.165) is 48.0 Å². The summed E-state index contributed by atoms with van der Waals surface area (Å²) in [4.78, 5) is 15.7. The van der Waals surface area contributed by atoms with E-state index in [1.165, 1.54) is 18.3 Å². The van der Waals surface area contributed by atoms with Gasteiger partial charge in [0.25, 0.3) is 0 Å². The van der Waals surface area contributed by atoms with Gasteiger partial charge < -0.3 is 20.7 Å². The molecule has 1 saturated heterocycles.